The highest BCUT2D eigenvalue weighted by Gasteiger charge is 2.27. The van der Waals surface area contributed by atoms with E-state index >= 15 is 0 Å². The van der Waals surface area contributed by atoms with Crippen molar-refractivity contribution in [3.05, 3.63) is 52.5 Å². The molecule has 140 valence electrons. The number of hydrogen-bond acceptors (Lipinski definition) is 4. The lowest BCUT2D eigenvalue weighted by Crippen LogP contribution is -2.38. The van der Waals surface area contributed by atoms with Crippen molar-refractivity contribution < 1.29 is 17.9 Å². The molecule has 0 saturated heterocycles. The molecule has 2 aromatic carbocycles. The van der Waals surface area contributed by atoms with E-state index in [4.69, 9.17) is 27.9 Å². The SMILES string of the molecule is CCN(CC(=O)Nc1cccc(OC)c1)S(=O)(=O)c1cc(Cl)ccc1Cl. The molecule has 2 rings (SSSR count). The number of nitrogens with one attached hydrogen (secondary N) is 1. The zero-order valence-corrected chi connectivity index (χ0v) is 16.5. The van der Waals surface area contributed by atoms with Gasteiger partial charge in [0.1, 0.15) is 10.6 Å². The number of carbonyl (C=O) groups excluding carboxylic acids is 1. The molecule has 0 aliphatic rings. The average molecular weight is 417 g/mol. The van der Waals surface area contributed by atoms with Crippen LogP contribution in [0.1, 0.15) is 6.92 Å². The van der Waals surface area contributed by atoms with Crippen molar-refractivity contribution in [2.45, 2.75) is 11.8 Å². The summed E-state index contributed by atoms with van der Waals surface area (Å²) in [5.41, 5.74) is 0.503. The smallest absolute Gasteiger partial charge is 0.245 e. The van der Waals surface area contributed by atoms with Gasteiger partial charge in [0, 0.05) is 23.3 Å². The van der Waals surface area contributed by atoms with Crippen molar-refractivity contribution in [1.29, 1.82) is 0 Å². The van der Waals surface area contributed by atoms with Gasteiger partial charge in [0.2, 0.25) is 15.9 Å². The molecule has 6 nitrogen and oxygen atoms in total. The molecule has 0 fully saturated rings. The summed E-state index contributed by atoms with van der Waals surface area (Å²) in [6, 6.07) is 10.9. The minimum absolute atomic E-state index is 0.0426. The second kappa shape index (κ2) is 8.73. The lowest BCUT2D eigenvalue weighted by Gasteiger charge is -2.21. The first kappa shape index (κ1) is 20.5. The molecule has 0 aliphatic heterocycles. The largest absolute Gasteiger partial charge is 0.497 e. The zero-order chi connectivity index (χ0) is 19.3. The first-order valence-electron chi connectivity index (χ1n) is 7.67. The van der Waals surface area contributed by atoms with E-state index in [1.165, 1.54) is 25.3 Å². The summed E-state index contributed by atoms with van der Waals surface area (Å²) in [6.45, 7) is 1.37. The topological polar surface area (TPSA) is 75.7 Å². The number of sulfonamides is 1. The second-order valence-electron chi connectivity index (χ2n) is 5.29. The van der Waals surface area contributed by atoms with Gasteiger partial charge in [-0.15, -0.1) is 0 Å². The highest BCUT2D eigenvalue weighted by molar-refractivity contribution is 7.89. The molecule has 26 heavy (non-hydrogen) atoms. The van der Waals surface area contributed by atoms with Gasteiger partial charge >= 0.3 is 0 Å². The Hall–Kier alpha value is -1.80. The average Bonchev–Trinajstić information content (AvgIpc) is 2.61. The Kier molecular flexibility index (Phi) is 6.88. The summed E-state index contributed by atoms with van der Waals surface area (Å²) in [7, 11) is -2.46. The van der Waals surface area contributed by atoms with E-state index in [-0.39, 0.29) is 28.0 Å². The molecule has 0 unspecified atom stereocenters. The summed E-state index contributed by atoms with van der Waals surface area (Å²) in [4.78, 5) is 12.2. The van der Waals surface area contributed by atoms with E-state index in [9.17, 15) is 13.2 Å². The molecule has 2 aromatic rings. The van der Waals surface area contributed by atoms with Gasteiger partial charge in [0.25, 0.3) is 0 Å². The van der Waals surface area contributed by atoms with Crippen LogP contribution in [0.25, 0.3) is 0 Å². The molecule has 0 bridgehead atoms. The van der Waals surface area contributed by atoms with E-state index in [0.717, 1.165) is 4.31 Å². The van der Waals surface area contributed by atoms with Gasteiger partial charge < -0.3 is 10.1 Å². The lowest BCUT2D eigenvalue weighted by molar-refractivity contribution is -0.116. The van der Waals surface area contributed by atoms with Gasteiger partial charge in [0.05, 0.1) is 18.7 Å². The van der Waals surface area contributed by atoms with E-state index < -0.39 is 15.9 Å². The Bertz CT molecular complexity index is 903. The molecule has 0 atom stereocenters. The molecule has 0 heterocycles. The Balaban J connectivity index is 2.19. The van der Waals surface area contributed by atoms with Crippen LogP contribution in [-0.4, -0.2) is 38.8 Å². The maximum absolute atomic E-state index is 12.8. The first-order valence-corrected chi connectivity index (χ1v) is 9.86. The molecule has 1 amide bonds. The van der Waals surface area contributed by atoms with E-state index in [1.807, 2.05) is 0 Å². The van der Waals surface area contributed by atoms with Gasteiger partial charge in [-0.2, -0.15) is 4.31 Å². The standard InChI is InChI=1S/C17H18Cl2N2O4S/c1-3-21(26(23,24)16-9-12(18)7-8-15(16)19)11-17(22)20-13-5-4-6-14(10-13)25-2/h4-10H,3,11H2,1-2H3,(H,20,22). The van der Waals surface area contributed by atoms with Crippen LogP contribution in [0.15, 0.2) is 47.4 Å². The number of likely N-dealkylation sites (N-methyl/N-ethyl adjacent to an activating group) is 1. The summed E-state index contributed by atoms with van der Waals surface area (Å²) in [5, 5.41) is 2.93. The predicted molar refractivity (Wildman–Crippen MR) is 103 cm³/mol. The number of halogens is 2. The maximum Gasteiger partial charge on any atom is 0.245 e. The fraction of sp³-hybridized carbons (Fsp3) is 0.235. The third kappa shape index (κ3) is 4.88. The summed E-state index contributed by atoms with van der Waals surface area (Å²) in [6.07, 6.45) is 0. The quantitative estimate of drug-likeness (QED) is 0.746. The fourth-order valence-corrected chi connectivity index (χ4v) is 4.38. The van der Waals surface area contributed by atoms with E-state index in [2.05, 4.69) is 5.32 Å². The third-order valence-corrected chi connectivity index (χ3v) is 6.17. The van der Waals surface area contributed by atoms with Gasteiger partial charge in [-0.05, 0) is 30.3 Å². The van der Waals surface area contributed by atoms with Crippen LogP contribution in [0.2, 0.25) is 10.0 Å². The predicted octanol–water partition coefficient (Wildman–Crippen LogP) is 3.65. The Morgan fingerprint density at radius 1 is 1.19 bits per heavy atom. The van der Waals surface area contributed by atoms with Gasteiger partial charge in [0.15, 0.2) is 0 Å². The Morgan fingerprint density at radius 3 is 2.58 bits per heavy atom. The minimum Gasteiger partial charge on any atom is -0.497 e. The number of amides is 1. The highest BCUT2D eigenvalue weighted by atomic mass is 35.5. The monoisotopic (exact) mass is 416 g/mol. The van der Waals surface area contributed by atoms with Crippen LogP contribution < -0.4 is 10.1 Å². The van der Waals surface area contributed by atoms with Gasteiger partial charge in [-0.3, -0.25) is 4.79 Å². The first-order chi connectivity index (χ1) is 12.3. The van der Waals surface area contributed by atoms with Crippen molar-refractivity contribution in [3.8, 4) is 5.75 Å². The Morgan fingerprint density at radius 2 is 1.92 bits per heavy atom. The number of methoxy groups -OCH3 is 1. The molecular formula is C17H18Cl2N2O4S. The van der Waals surface area contributed by atoms with Crippen LogP contribution in [0.5, 0.6) is 5.75 Å². The number of carbonyl (C=O) groups is 1. The number of anilines is 1. The van der Waals surface area contributed by atoms with Crippen molar-refractivity contribution in [3.63, 3.8) is 0 Å². The van der Waals surface area contributed by atoms with Crippen molar-refractivity contribution in [2.75, 3.05) is 25.5 Å². The second-order valence-corrected chi connectivity index (χ2v) is 8.04. The van der Waals surface area contributed by atoms with Crippen LogP contribution in [0.3, 0.4) is 0 Å². The summed E-state index contributed by atoms with van der Waals surface area (Å²) < 4.78 is 31.7. The number of ether oxygens (including phenoxy) is 1. The number of benzene rings is 2. The molecule has 0 aromatic heterocycles. The molecule has 0 spiro atoms. The molecule has 0 saturated carbocycles. The van der Waals surface area contributed by atoms with Crippen LogP contribution >= 0.6 is 23.2 Å². The van der Waals surface area contributed by atoms with Crippen molar-refractivity contribution in [2.24, 2.45) is 0 Å². The normalized spacial score (nSPS) is 11.4. The number of rotatable bonds is 7. The summed E-state index contributed by atoms with van der Waals surface area (Å²) in [5.74, 6) is 0.0929. The number of hydrogen-bond donors (Lipinski definition) is 1. The highest BCUT2D eigenvalue weighted by Crippen LogP contribution is 2.27. The van der Waals surface area contributed by atoms with Gasteiger partial charge in [-0.1, -0.05) is 36.2 Å². The van der Waals surface area contributed by atoms with E-state index in [0.29, 0.717) is 11.4 Å². The maximum atomic E-state index is 12.8. The molecule has 9 heteroatoms. The summed E-state index contributed by atoms with van der Waals surface area (Å²) >= 11 is 11.9. The molecule has 0 radical (unpaired) electrons. The zero-order valence-electron chi connectivity index (χ0n) is 14.2. The van der Waals surface area contributed by atoms with Crippen LogP contribution in [0.4, 0.5) is 5.69 Å². The molecule has 0 aliphatic carbocycles. The van der Waals surface area contributed by atoms with Crippen LogP contribution in [0, 0.1) is 0 Å². The number of nitrogens with zero attached hydrogens (tertiary/aromatic N) is 1. The van der Waals surface area contributed by atoms with E-state index in [1.54, 1.807) is 31.2 Å². The lowest BCUT2D eigenvalue weighted by atomic mass is 10.3. The van der Waals surface area contributed by atoms with Crippen molar-refractivity contribution >= 4 is 44.8 Å². The Labute approximate surface area is 162 Å². The van der Waals surface area contributed by atoms with Crippen LogP contribution in [-0.2, 0) is 14.8 Å². The van der Waals surface area contributed by atoms with Crippen molar-refractivity contribution in [1.82, 2.24) is 4.31 Å². The molecule has 1 N–H and O–H groups in total. The molecular weight excluding hydrogens is 399 g/mol. The third-order valence-electron chi connectivity index (χ3n) is 3.54. The minimum atomic E-state index is -3.97. The fourth-order valence-electron chi connectivity index (χ4n) is 2.24. The van der Waals surface area contributed by atoms with Gasteiger partial charge in [-0.25, -0.2) is 8.42 Å².